The third-order valence-corrected chi connectivity index (χ3v) is 2.41. The number of hydrogen-bond donors (Lipinski definition) is 2. The van der Waals surface area contributed by atoms with Crippen molar-refractivity contribution < 1.29 is 8.76 Å². The van der Waals surface area contributed by atoms with Crippen LogP contribution in [0.25, 0.3) is 0 Å². The van der Waals surface area contributed by atoms with Crippen LogP contribution in [0.2, 0.25) is 0 Å². The van der Waals surface area contributed by atoms with Gasteiger partial charge < -0.3 is 0 Å². The molecule has 0 saturated carbocycles. The summed E-state index contributed by atoms with van der Waals surface area (Å²) in [7, 11) is 0. The van der Waals surface area contributed by atoms with E-state index in [1.54, 1.807) is 0 Å². The predicted octanol–water partition coefficient (Wildman–Crippen LogP) is 1.74. The molecule has 0 fully saturated rings. The summed E-state index contributed by atoms with van der Waals surface area (Å²) < 4.78 is 21.1. The van der Waals surface area contributed by atoms with Gasteiger partial charge in [-0.15, -0.1) is 0 Å². The summed E-state index contributed by atoms with van der Waals surface area (Å²) in [5.41, 5.74) is 1.32. The fraction of sp³-hybridized carbons (Fsp3) is 0.400. The zero-order chi connectivity index (χ0) is 10.2. The molecule has 1 aromatic rings. The molecule has 0 bridgehead atoms. The number of unbranched alkanes of at least 4 members (excludes halogenated alkanes) is 1. The van der Waals surface area contributed by atoms with E-state index in [2.05, 4.69) is 16.9 Å². The van der Waals surface area contributed by atoms with Crippen LogP contribution in [0.15, 0.2) is 30.3 Å². The Bertz CT molecular complexity index is 277. The van der Waals surface area contributed by atoms with Crippen molar-refractivity contribution in [1.82, 2.24) is 4.72 Å². The second kappa shape index (κ2) is 6.70. The molecule has 0 aromatic heterocycles. The Balaban J connectivity index is 2.08. The highest BCUT2D eigenvalue weighted by molar-refractivity contribution is 7.77. The molecule has 1 rings (SSSR count). The first kappa shape index (κ1) is 11.4. The lowest BCUT2D eigenvalue weighted by molar-refractivity contribution is 0.545. The fourth-order valence-electron chi connectivity index (χ4n) is 1.26. The van der Waals surface area contributed by atoms with Crippen molar-refractivity contribution in [2.75, 3.05) is 6.54 Å². The molecule has 4 heteroatoms. The van der Waals surface area contributed by atoms with Crippen molar-refractivity contribution in [3.63, 3.8) is 0 Å². The van der Waals surface area contributed by atoms with Gasteiger partial charge in [-0.3, -0.25) is 4.55 Å². The van der Waals surface area contributed by atoms with Gasteiger partial charge in [-0.2, -0.15) is 0 Å². The Morgan fingerprint density at radius 3 is 2.57 bits per heavy atom. The van der Waals surface area contributed by atoms with Crippen molar-refractivity contribution in [3.05, 3.63) is 35.9 Å². The van der Waals surface area contributed by atoms with Crippen molar-refractivity contribution in [2.24, 2.45) is 0 Å². The highest BCUT2D eigenvalue weighted by Gasteiger charge is 1.93. The normalized spacial score (nSPS) is 12.6. The molecule has 2 N–H and O–H groups in total. The van der Waals surface area contributed by atoms with Gasteiger partial charge in [-0.05, 0) is 24.8 Å². The van der Waals surface area contributed by atoms with Crippen LogP contribution in [-0.2, 0) is 17.7 Å². The molecule has 1 atom stereocenters. The van der Waals surface area contributed by atoms with E-state index in [4.69, 9.17) is 4.55 Å². The predicted molar refractivity (Wildman–Crippen MR) is 58.2 cm³/mol. The smallest absolute Gasteiger partial charge is 0.231 e. The van der Waals surface area contributed by atoms with Crippen LogP contribution < -0.4 is 4.72 Å². The Hall–Kier alpha value is -0.710. The van der Waals surface area contributed by atoms with Crippen LogP contribution in [0, 0.1) is 0 Å². The number of nitrogens with one attached hydrogen (secondary N) is 1. The minimum absolute atomic E-state index is 0.593. The van der Waals surface area contributed by atoms with E-state index >= 15 is 0 Å². The molecular weight excluding hydrogens is 198 g/mol. The number of aryl methyl sites for hydroxylation is 1. The minimum Gasteiger partial charge on any atom is -0.294 e. The van der Waals surface area contributed by atoms with Crippen LogP contribution in [0.3, 0.4) is 0 Å². The van der Waals surface area contributed by atoms with Crippen LogP contribution in [0.5, 0.6) is 0 Å². The first-order chi connectivity index (χ1) is 6.79. The summed E-state index contributed by atoms with van der Waals surface area (Å²) >= 11 is -1.86. The van der Waals surface area contributed by atoms with Crippen molar-refractivity contribution in [1.29, 1.82) is 0 Å². The summed E-state index contributed by atoms with van der Waals surface area (Å²) in [6.07, 6.45) is 2.98. The lowest BCUT2D eigenvalue weighted by Crippen LogP contribution is -2.17. The van der Waals surface area contributed by atoms with Crippen molar-refractivity contribution in [2.45, 2.75) is 19.3 Å². The van der Waals surface area contributed by atoms with Crippen LogP contribution in [-0.4, -0.2) is 15.3 Å². The van der Waals surface area contributed by atoms with E-state index in [1.807, 2.05) is 18.2 Å². The maximum atomic E-state index is 10.2. The number of hydrogen-bond acceptors (Lipinski definition) is 1. The first-order valence-electron chi connectivity index (χ1n) is 4.67. The molecule has 0 spiro atoms. The van der Waals surface area contributed by atoms with Gasteiger partial charge in [0.2, 0.25) is 11.3 Å². The second-order valence-electron chi connectivity index (χ2n) is 3.09. The Morgan fingerprint density at radius 1 is 1.21 bits per heavy atom. The molecule has 1 aromatic carbocycles. The van der Waals surface area contributed by atoms with E-state index in [0.29, 0.717) is 6.54 Å². The average Bonchev–Trinajstić information content (AvgIpc) is 2.18. The quantitative estimate of drug-likeness (QED) is 0.558. The topological polar surface area (TPSA) is 49.3 Å². The van der Waals surface area contributed by atoms with E-state index < -0.39 is 11.3 Å². The Morgan fingerprint density at radius 2 is 1.93 bits per heavy atom. The molecule has 3 nitrogen and oxygen atoms in total. The van der Waals surface area contributed by atoms with Gasteiger partial charge in [0.05, 0.1) is 0 Å². The summed E-state index contributed by atoms with van der Waals surface area (Å²) in [5, 5.41) is 0. The lowest BCUT2D eigenvalue weighted by Gasteiger charge is -2.01. The molecule has 14 heavy (non-hydrogen) atoms. The summed E-state index contributed by atoms with van der Waals surface area (Å²) in [4.78, 5) is 0. The average molecular weight is 213 g/mol. The van der Waals surface area contributed by atoms with Crippen LogP contribution in [0.1, 0.15) is 18.4 Å². The molecule has 0 saturated heterocycles. The fourth-order valence-corrected chi connectivity index (χ4v) is 1.58. The molecule has 0 aliphatic heterocycles. The van der Waals surface area contributed by atoms with E-state index in [-0.39, 0.29) is 0 Å². The Kier molecular flexibility index (Phi) is 5.44. The molecule has 0 aliphatic rings. The number of rotatable bonds is 6. The summed E-state index contributed by atoms with van der Waals surface area (Å²) in [6, 6.07) is 10.2. The van der Waals surface area contributed by atoms with E-state index in [1.165, 1.54) is 5.56 Å². The van der Waals surface area contributed by atoms with Gasteiger partial charge in [-0.25, -0.2) is 8.93 Å². The van der Waals surface area contributed by atoms with Crippen LogP contribution >= 0.6 is 0 Å². The summed E-state index contributed by atoms with van der Waals surface area (Å²) in [6.45, 7) is 0.593. The highest BCUT2D eigenvalue weighted by atomic mass is 32.2. The molecular formula is C10H15NO2S. The van der Waals surface area contributed by atoms with Gasteiger partial charge in [0, 0.05) is 6.54 Å². The van der Waals surface area contributed by atoms with Gasteiger partial charge in [-0.1, -0.05) is 30.3 Å². The van der Waals surface area contributed by atoms with Gasteiger partial charge in [0.1, 0.15) is 0 Å². The third kappa shape index (κ3) is 5.11. The zero-order valence-corrected chi connectivity index (χ0v) is 8.80. The van der Waals surface area contributed by atoms with Gasteiger partial charge in [0.25, 0.3) is 0 Å². The molecule has 0 heterocycles. The number of benzene rings is 1. The largest absolute Gasteiger partial charge is 0.294 e. The Labute approximate surface area is 87.0 Å². The molecule has 1 unspecified atom stereocenters. The molecule has 78 valence electrons. The molecule has 0 aliphatic carbocycles. The van der Waals surface area contributed by atoms with Gasteiger partial charge in [0.15, 0.2) is 0 Å². The lowest BCUT2D eigenvalue weighted by atomic mass is 10.1. The monoisotopic (exact) mass is 213 g/mol. The van der Waals surface area contributed by atoms with E-state index in [9.17, 15) is 4.21 Å². The molecule has 0 amide bonds. The van der Waals surface area contributed by atoms with Crippen LogP contribution in [0.4, 0.5) is 0 Å². The second-order valence-corrected chi connectivity index (χ2v) is 3.87. The maximum Gasteiger partial charge on any atom is 0.231 e. The van der Waals surface area contributed by atoms with Gasteiger partial charge >= 0.3 is 0 Å². The standard InChI is InChI=1S/C10H15NO2S/c12-14(13)11-9-5-4-8-10-6-2-1-3-7-10/h1-3,6-7,11H,4-5,8-9H2,(H,12,13). The van der Waals surface area contributed by atoms with Crippen molar-refractivity contribution >= 4 is 11.3 Å². The van der Waals surface area contributed by atoms with E-state index in [0.717, 1.165) is 19.3 Å². The SMILES string of the molecule is O=S(O)NCCCCc1ccccc1. The minimum atomic E-state index is -1.86. The third-order valence-electron chi connectivity index (χ3n) is 1.96. The summed E-state index contributed by atoms with van der Waals surface area (Å²) in [5.74, 6) is 0. The first-order valence-corrected chi connectivity index (χ1v) is 5.78. The molecule has 0 radical (unpaired) electrons. The highest BCUT2D eigenvalue weighted by Crippen LogP contribution is 2.03. The maximum absolute atomic E-state index is 10.2. The zero-order valence-electron chi connectivity index (χ0n) is 7.98. The van der Waals surface area contributed by atoms with Crippen molar-refractivity contribution in [3.8, 4) is 0 Å².